The standard InChI is InChI=1S/C14H18N2O/c1-14(11-15)7-8-16(10-13(14)17)9-12-5-3-2-4-6-12/h2-6,13,17H,7-10H2,1H3/t13-,14+/m0/s1. The summed E-state index contributed by atoms with van der Waals surface area (Å²) >= 11 is 0. The van der Waals surface area contributed by atoms with Crippen LogP contribution in [0, 0.1) is 16.7 Å². The normalized spacial score (nSPS) is 29.8. The number of nitrogens with zero attached hydrogens (tertiary/aromatic N) is 2. The van der Waals surface area contributed by atoms with Crippen molar-refractivity contribution < 1.29 is 5.11 Å². The molecular weight excluding hydrogens is 212 g/mol. The van der Waals surface area contributed by atoms with E-state index in [-0.39, 0.29) is 0 Å². The highest BCUT2D eigenvalue weighted by Crippen LogP contribution is 2.30. The summed E-state index contributed by atoms with van der Waals surface area (Å²) in [5.74, 6) is 0. The summed E-state index contributed by atoms with van der Waals surface area (Å²) in [4.78, 5) is 2.21. The molecule has 1 heterocycles. The molecule has 0 aliphatic carbocycles. The van der Waals surface area contributed by atoms with Crippen molar-refractivity contribution in [3.63, 3.8) is 0 Å². The number of rotatable bonds is 2. The molecule has 3 nitrogen and oxygen atoms in total. The predicted octanol–water partition coefficient (Wildman–Crippen LogP) is 1.78. The van der Waals surface area contributed by atoms with Crippen LogP contribution >= 0.6 is 0 Å². The van der Waals surface area contributed by atoms with Gasteiger partial charge < -0.3 is 5.11 Å². The molecule has 1 aromatic carbocycles. The van der Waals surface area contributed by atoms with E-state index >= 15 is 0 Å². The molecule has 0 spiro atoms. The van der Waals surface area contributed by atoms with Gasteiger partial charge in [0.25, 0.3) is 0 Å². The molecule has 2 rings (SSSR count). The highest BCUT2D eigenvalue weighted by Gasteiger charge is 2.38. The van der Waals surface area contributed by atoms with Crippen LogP contribution < -0.4 is 0 Å². The fourth-order valence-corrected chi connectivity index (χ4v) is 2.21. The third-order valence-corrected chi connectivity index (χ3v) is 3.62. The van der Waals surface area contributed by atoms with Gasteiger partial charge in [-0.05, 0) is 18.9 Å². The number of nitriles is 1. The second-order valence-electron chi connectivity index (χ2n) is 5.02. The lowest BCUT2D eigenvalue weighted by atomic mass is 9.79. The van der Waals surface area contributed by atoms with E-state index in [2.05, 4.69) is 23.1 Å². The molecule has 1 fully saturated rings. The van der Waals surface area contributed by atoms with Crippen molar-refractivity contribution in [1.82, 2.24) is 4.90 Å². The van der Waals surface area contributed by atoms with Crippen LogP contribution in [0.2, 0.25) is 0 Å². The number of aliphatic hydroxyl groups excluding tert-OH is 1. The van der Waals surface area contributed by atoms with Gasteiger partial charge in [-0.25, -0.2) is 0 Å². The Kier molecular flexibility index (Phi) is 3.46. The number of likely N-dealkylation sites (tertiary alicyclic amines) is 1. The Morgan fingerprint density at radius 3 is 2.76 bits per heavy atom. The van der Waals surface area contributed by atoms with Crippen LogP contribution in [0.3, 0.4) is 0 Å². The molecule has 1 aliphatic rings. The summed E-state index contributed by atoms with van der Waals surface area (Å²) in [6.45, 7) is 4.14. The molecule has 0 saturated carbocycles. The van der Waals surface area contributed by atoms with Gasteiger partial charge in [0, 0.05) is 19.6 Å². The van der Waals surface area contributed by atoms with Crippen molar-refractivity contribution in [3.05, 3.63) is 35.9 Å². The topological polar surface area (TPSA) is 47.3 Å². The maximum Gasteiger partial charge on any atom is 0.0851 e. The van der Waals surface area contributed by atoms with E-state index in [1.807, 2.05) is 25.1 Å². The van der Waals surface area contributed by atoms with Crippen LogP contribution in [-0.2, 0) is 6.54 Å². The van der Waals surface area contributed by atoms with Gasteiger partial charge in [-0.15, -0.1) is 0 Å². The van der Waals surface area contributed by atoms with Gasteiger partial charge >= 0.3 is 0 Å². The van der Waals surface area contributed by atoms with Crippen molar-refractivity contribution in [1.29, 1.82) is 5.26 Å². The summed E-state index contributed by atoms with van der Waals surface area (Å²) in [7, 11) is 0. The molecule has 1 N–H and O–H groups in total. The van der Waals surface area contributed by atoms with Crippen LogP contribution in [0.5, 0.6) is 0 Å². The first kappa shape index (κ1) is 12.1. The molecule has 0 radical (unpaired) electrons. The third kappa shape index (κ3) is 2.66. The van der Waals surface area contributed by atoms with Gasteiger partial charge in [-0.3, -0.25) is 4.90 Å². The summed E-state index contributed by atoms with van der Waals surface area (Å²) in [5.41, 5.74) is 0.674. The van der Waals surface area contributed by atoms with Crippen LogP contribution in [0.25, 0.3) is 0 Å². The molecule has 0 amide bonds. The van der Waals surface area contributed by atoms with Crippen LogP contribution in [-0.4, -0.2) is 29.2 Å². The SMILES string of the molecule is C[C@]1(C#N)CCN(Cc2ccccc2)C[C@@H]1O. The minimum absolute atomic E-state index is 0.551. The molecule has 90 valence electrons. The smallest absolute Gasteiger partial charge is 0.0851 e. The number of benzene rings is 1. The fraction of sp³-hybridized carbons (Fsp3) is 0.500. The number of aliphatic hydroxyl groups is 1. The van der Waals surface area contributed by atoms with Crippen molar-refractivity contribution >= 4 is 0 Å². The van der Waals surface area contributed by atoms with E-state index in [1.165, 1.54) is 5.56 Å². The van der Waals surface area contributed by atoms with Gasteiger partial charge in [0.2, 0.25) is 0 Å². The zero-order chi connectivity index (χ0) is 12.3. The van der Waals surface area contributed by atoms with Crippen LogP contribution in [0.4, 0.5) is 0 Å². The molecule has 0 aromatic heterocycles. The zero-order valence-corrected chi connectivity index (χ0v) is 10.1. The summed E-state index contributed by atoms with van der Waals surface area (Å²) in [6, 6.07) is 12.5. The number of hydrogen-bond acceptors (Lipinski definition) is 3. The van der Waals surface area contributed by atoms with E-state index in [0.29, 0.717) is 6.54 Å². The van der Waals surface area contributed by atoms with E-state index in [4.69, 9.17) is 5.26 Å². The lowest BCUT2D eigenvalue weighted by molar-refractivity contribution is -0.00809. The van der Waals surface area contributed by atoms with Gasteiger partial charge in [0.15, 0.2) is 0 Å². The first-order valence-electron chi connectivity index (χ1n) is 6.00. The Morgan fingerprint density at radius 2 is 2.18 bits per heavy atom. The van der Waals surface area contributed by atoms with Crippen molar-refractivity contribution in [3.8, 4) is 6.07 Å². The molecule has 3 heteroatoms. The molecule has 2 atom stereocenters. The Bertz CT molecular complexity index is 412. The zero-order valence-electron chi connectivity index (χ0n) is 10.1. The maximum atomic E-state index is 10.0. The number of hydrogen-bond donors (Lipinski definition) is 1. The van der Waals surface area contributed by atoms with Gasteiger partial charge in [-0.2, -0.15) is 5.26 Å². The fourth-order valence-electron chi connectivity index (χ4n) is 2.21. The van der Waals surface area contributed by atoms with Crippen molar-refractivity contribution in [2.75, 3.05) is 13.1 Å². The Labute approximate surface area is 102 Å². The first-order chi connectivity index (χ1) is 8.14. The van der Waals surface area contributed by atoms with Crippen molar-refractivity contribution in [2.24, 2.45) is 5.41 Å². The van der Waals surface area contributed by atoms with Crippen LogP contribution in [0.15, 0.2) is 30.3 Å². The Morgan fingerprint density at radius 1 is 1.47 bits per heavy atom. The average molecular weight is 230 g/mol. The van der Waals surface area contributed by atoms with Gasteiger partial charge in [-0.1, -0.05) is 30.3 Å². The van der Waals surface area contributed by atoms with E-state index in [1.54, 1.807) is 0 Å². The first-order valence-corrected chi connectivity index (χ1v) is 6.00. The summed E-state index contributed by atoms with van der Waals surface area (Å²) in [5, 5.41) is 19.1. The molecule has 0 unspecified atom stereocenters. The molecule has 17 heavy (non-hydrogen) atoms. The lowest BCUT2D eigenvalue weighted by Gasteiger charge is -2.39. The molecule has 1 saturated heterocycles. The van der Waals surface area contributed by atoms with E-state index in [9.17, 15) is 5.11 Å². The predicted molar refractivity (Wildman–Crippen MR) is 66.1 cm³/mol. The second-order valence-corrected chi connectivity index (χ2v) is 5.02. The number of β-amino-alcohol motifs (C(OH)–C–C–N with tert-alkyl or cyclic N) is 1. The highest BCUT2D eigenvalue weighted by atomic mass is 16.3. The van der Waals surface area contributed by atoms with Gasteiger partial charge in [0.1, 0.15) is 0 Å². The molecular formula is C14H18N2O. The quantitative estimate of drug-likeness (QED) is 0.842. The monoisotopic (exact) mass is 230 g/mol. The summed E-state index contributed by atoms with van der Waals surface area (Å²) < 4.78 is 0. The van der Waals surface area contributed by atoms with Gasteiger partial charge in [0.05, 0.1) is 17.6 Å². The maximum absolute atomic E-state index is 10.0. The lowest BCUT2D eigenvalue weighted by Crippen LogP contribution is -2.48. The molecule has 1 aliphatic heterocycles. The minimum Gasteiger partial charge on any atom is -0.390 e. The second kappa shape index (κ2) is 4.87. The van der Waals surface area contributed by atoms with Crippen molar-refractivity contribution in [2.45, 2.75) is 26.0 Å². The minimum atomic E-state index is -0.576. The molecule has 0 bridgehead atoms. The average Bonchev–Trinajstić information content (AvgIpc) is 2.35. The third-order valence-electron chi connectivity index (χ3n) is 3.62. The highest BCUT2D eigenvalue weighted by molar-refractivity contribution is 5.15. The van der Waals surface area contributed by atoms with E-state index in [0.717, 1.165) is 19.5 Å². The van der Waals surface area contributed by atoms with E-state index < -0.39 is 11.5 Å². The van der Waals surface area contributed by atoms with Crippen LogP contribution in [0.1, 0.15) is 18.9 Å². The Hall–Kier alpha value is -1.37. The molecule has 1 aromatic rings. The largest absolute Gasteiger partial charge is 0.390 e. The Balaban J connectivity index is 1.97. The number of piperidine rings is 1. The summed E-state index contributed by atoms with van der Waals surface area (Å²) in [6.07, 6.45) is 0.183.